The van der Waals surface area contributed by atoms with Crippen LogP contribution < -0.4 is 0 Å². The molecular formula is C18H24F2N4O2. The average molecular weight is 366 g/mol. The molecule has 8 heteroatoms. The van der Waals surface area contributed by atoms with E-state index in [1.165, 1.54) is 9.58 Å². The standard InChI is InChI=1S/C18H24F2N4O2/c1-17(2,3)26-16(25)23-9-6-14-13(11-23)15-18(19,20)7-4-12(5-8-21)10-24(15)22-14/h12H,4-7,9-11H2,1-3H3. The van der Waals surface area contributed by atoms with Crippen LogP contribution in [0.25, 0.3) is 0 Å². The first-order valence-electron chi connectivity index (χ1n) is 8.92. The van der Waals surface area contributed by atoms with E-state index in [4.69, 9.17) is 10.00 Å². The molecule has 1 unspecified atom stereocenters. The molecule has 0 aliphatic carbocycles. The van der Waals surface area contributed by atoms with Gasteiger partial charge in [-0.25, -0.2) is 4.79 Å². The van der Waals surface area contributed by atoms with Crippen LogP contribution in [0.2, 0.25) is 0 Å². The number of carbonyl (C=O) groups excluding carboxylic acids is 1. The molecule has 0 N–H and O–H groups in total. The van der Waals surface area contributed by atoms with Gasteiger partial charge in [-0.05, 0) is 33.1 Å². The molecule has 1 aromatic heterocycles. The summed E-state index contributed by atoms with van der Waals surface area (Å²) >= 11 is 0. The summed E-state index contributed by atoms with van der Waals surface area (Å²) in [5.74, 6) is -3.14. The minimum absolute atomic E-state index is 0.0814. The van der Waals surface area contributed by atoms with Crippen LogP contribution in [0.3, 0.4) is 0 Å². The molecule has 2 aliphatic heterocycles. The first-order valence-corrected chi connectivity index (χ1v) is 8.92. The highest BCUT2D eigenvalue weighted by Gasteiger charge is 2.44. The number of amides is 1. The van der Waals surface area contributed by atoms with Crippen molar-refractivity contribution in [3.63, 3.8) is 0 Å². The number of hydrogen-bond donors (Lipinski definition) is 0. The van der Waals surface area contributed by atoms with E-state index in [9.17, 15) is 13.6 Å². The highest BCUT2D eigenvalue weighted by atomic mass is 19.3. The molecule has 0 spiro atoms. The number of ether oxygens (including phenoxy) is 1. The van der Waals surface area contributed by atoms with Crippen molar-refractivity contribution < 1.29 is 18.3 Å². The average Bonchev–Trinajstić information content (AvgIpc) is 2.83. The Balaban J connectivity index is 1.90. The Bertz CT molecular complexity index is 746. The molecule has 0 saturated carbocycles. The second kappa shape index (κ2) is 6.53. The summed E-state index contributed by atoms with van der Waals surface area (Å²) in [6.07, 6.45) is 0.151. The fraction of sp³-hybridized carbons (Fsp3) is 0.722. The molecule has 0 saturated heterocycles. The smallest absolute Gasteiger partial charge is 0.410 e. The van der Waals surface area contributed by atoms with Crippen LogP contribution in [0.4, 0.5) is 13.6 Å². The van der Waals surface area contributed by atoms with Crippen molar-refractivity contribution in [1.29, 1.82) is 5.26 Å². The fourth-order valence-corrected chi connectivity index (χ4v) is 3.59. The molecule has 0 bridgehead atoms. The highest BCUT2D eigenvalue weighted by molar-refractivity contribution is 5.68. The maximum absolute atomic E-state index is 14.8. The van der Waals surface area contributed by atoms with Gasteiger partial charge in [0, 0.05) is 37.9 Å². The third kappa shape index (κ3) is 3.67. The first-order chi connectivity index (χ1) is 12.1. The Morgan fingerprint density at radius 2 is 2.19 bits per heavy atom. The Kier molecular flexibility index (Phi) is 4.67. The normalized spacial score (nSPS) is 22.0. The van der Waals surface area contributed by atoms with Crippen molar-refractivity contribution in [1.82, 2.24) is 14.7 Å². The zero-order chi connectivity index (χ0) is 19.1. The maximum Gasteiger partial charge on any atom is 0.410 e. The Morgan fingerprint density at radius 3 is 2.85 bits per heavy atom. The molecule has 2 aliphatic rings. The first kappa shape index (κ1) is 18.6. The van der Waals surface area contributed by atoms with Crippen LogP contribution in [-0.2, 0) is 30.2 Å². The predicted molar refractivity (Wildman–Crippen MR) is 89.4 cm³/mol. The van der Waals surface area contributed by atoms with E-state index >= 15 is 0 Å². The van der Waals surface area contributed by atoms with Crippen LogP contribution in [0.15, 0.2) is 0 Å². The molecule has 3 rings (SSSR count). The van der Waals surface area contributed by atoms with Crippen LogP contribution in [0.5, 0.6) is 0 Å². The van der Waals surface area contributed by atoms with E-state index in [2.05, 4.69) is 11.2 Å². The molecule has 26 heavy (non-hydrogen) atoms. The van der Waals surface area contributed by atoms with Crippen molar-refractivity contribution in [2.45, 2.75) is 71.1 Å². The molecule has 0 radical (unpaired) electrons. The largest absolute Gasteiger partial charge is 0.444 e. The van der Waals surface area contributed by atoms with Crippen LogP contribution in [0, 0.1) is 17.2 Å². The molecule has 1 atom stereocenters. The number of fused-ring (bicyclic) bond motifs is 3. The van der Waals surface area contributed by atoms with E-state index in [-0.39, 0.29) is 37.4 Å². The number of alkyl halides is 2. The number of hydrogen-bond acceptors (Lipinski definition) is 4. The number of halogens is 2. The van der Waals surface area contributed by atoms with E-state index < -0.39 is 17.6 Å². The van der Waals surface area contributed by atoms with Crippen molar-refractivity contribution in [3.05, 3.63) is 17.0 Å². The summed E-state index contributed by atoms with van der Waals surface area (Å²) in [5, 5.41) is 13.3. The minimum Gasteiger partial charge on any atom is -0.444 e. The molecule has 0 aromatic carbocycles. The second-order valence-corrected chi connectivity index (χ2v) is 8.08. The van der Waals surface area contributed by atoms with Crippen molar-refractivity contribution in [2.24, 2.45) is 5.92 Å². The Hall–Kier alpha value is -2.17. The van der Waals surface area contributed by atoms with Crippen molar-refractivity contribution in [2.75, 3.05) is 6.54 Å². The maximum atomic E-state index is 14.8. The van der Waals surface area contributed by atoms with Gasteiger partial charge in [0.15, 0.2) is 0 Å². The fourth-order valence-electron chi connectivity index (χ4n) is 3.59. The van der Waals surface area contributed by atoms with Gasteiger partial charge in [-0.2, -0.15) is 19.1 Å². The summed E-state index contributed by atoms with van der Waals surface area (Å²) in [4.78, 5) is 13.8. The van der Waals surface area contributed by atoms with Crippen LogP contribution in [-0.4, -0.2) is 32.9 Å². The third-order valence-corrected chi connectivity index (χ3v) is 4.78. The molecular weight excluding hydrogens is 342 g/mol. The lowest BCUT2D eigenvalue weighted by molar-refractivity contribution is -0.0225. The third-order valence-electron chi connectivity index (χ3n) is 4.78. The second-order valence-electron chi connectivity index (χ2n) is 8.08. The van der Waals surface area contributed by atoms with E-state index in [0.717, 1.165) is 0 Å². The lowest BCUT2D eigenvalue weighted by Gasteiger charge is -2.30. The summed E-state index contributed by atoms with van der Waals surface area (Å²) in [5.41, 5.74) is 0.324. The molecule has 3 heterocycles. The molecule has 1 amide bonds. The topological polar surface area (TPSA) is 71.2 Å². The quantitative estimate of drug-likeness (QED) is 0.761. The lowest BCUT2D eigenvalue weighted by atomic mass is 9.96. The van der Waals surface area contributed by atoms with Gasteiger partial charge in [0.05, 0.1) is 18.3 Å². The van der Waals surface area contributed by atoms with E-state index in [0.29, 0.717) is 30.8 Å². The van der Waals surface area contributed by atoms with Crippen LogP contribution >= 0.6 is 0 Å². The van der Waals surface area contributed by atoms with Gasteiger partial charge in [-0.1, -0.05) is 0 Å². The van der Waals surface area contributed by atoms with Gasteiger partial charge in [0.2, 0.25) is 0 Å². The van der Waals surface area contributed by atoms with E-state index in [1.54, 1.807) is 20.8 Å². The number of carbonyl (C=O) groups is 1. The monoisotopic (exact) mass is 366 g/mol. The van der Waals surface area contributed by atoms with Gasteiger partial charge < -0.3 is 9.64 Å². The number of aromatic nitrogens is 2. The molecule has 142 valence electrons. The summed E-state index contributed by atoms with van der Waals surface area (Å²) in [6.45, 7) is 6.11. The molecule has 0 fully saturated rings. The SMILES string of the molecule is CC(C)(C)OC(=O)N1CCc2nn3c(c2C1)C(F)(F)CCC(CC#N)C3. The minimum atomic E-state index is -3.01. The lowest BCUT2D eigenvalue weighted by Crippen LogP contribution is -2.40. The predicted octanol–water partition coefficient (Wildman–Crippen LogP) is 3.59. The van der Waals surface area contributed by atoms with Gasteiger partial charge in [0.1, 0.15) is 11.3 Å². The molecule has 6 nitrogen and oxygen atoms in total. The zero-order valence-corrected chi connectivity index (χ0v) is 15.4. The highest BCUT2D eigenvalue weighted by Crippen LogP contribution is 2.42. The summed E-state index contributed by atoms with van der Waals surface area (Å²) in [6, 6.07) is 2.07. The van der Waals surface area contributed by atoms with E-state index in [1.807, 2.05) is 0 Å². The number of rotatable bonds is 1. The molecule has 1 aromatic rings. The Morgan fingerprint density at radius 1 is 1.46 bits per heavy atom. The van der Waals surface area contributed by atoms with Crippen LogP contribution in [0.1, 0.15) is 57.0 Å². The summed E-state index contributed by atoms with van der Waals surface area (Å²) < 4.78 is 36.4. The van der Waals surface area contributed by atoms with Crippen molar-refractivity contribution >= 4 is 6.09 Å². The Labute approximate surface area is 151 Å². The van der Waals surface area contributed by atoms with Gasteiger partial charge >= 0.3 is 6.09 Å². The van der Waals surface area contributed by atoms with Gasteiger partial charge in [-0.3, -0.25) is 4.68 Å². The van der Waals surface area contributed by atoms with Crippen molar-refractivity contribution in [3.8, 4) is 6.07 Å². The number of nitriles is 1. The van der Waals surface area contributed by atoms with Gasteiger partial charge in [-0.15, -0.1) is 0 Å². The zero-order valence-electron chi connectivity index (χ0n) is 15.4. The number of nitrogens with zero attached hydrogens (tertiary/aromatic N) is 4. The summed E-state index contributed by atoms with van der Waals surface area (Å²) in [7, 11) is 0. The van der Waals surface area contributed by atoms with Gasteiger partial charge in [0.25, 0.3) is 5.92 Å².